The molecule has 0 aliphatic rings. The number of rotatable bonds is 12. The standard InChI is InChI=1S/C23H31NO6/c1-4-5-9-17-14-21(27)30-22-15(2)19(12-11-18(17)22)29-16(3)23(28)24-13-8-6-7-10-20(25)26/h11-12,14,16H,4-10,13H2,1-3H3,(H,24,28)(H,25,26)/p-1/t16-/m1/s1. The topological polar surface area (TPSA) is 109 Å². The van der Waals surface area contributed by atoms with Gasteiger partial charge >= 0.3 is 5.63 Å². The van der Waals surface area contributed by atoms with Crippen LogP contribution in [0.5, 0.6) is 5.75 Å². The lowest BCUT2D eigenvalue weighted by Gasteiger charge is -2.17. The van der Waals surface area contributed by atoms with Crippen molar-refractivity contribution in [2.45, 2.75) is 71.8 Å². The molecule has 1 amide bonds. The van der Waals surface area contributed by atoms with E-state index < -0.39 is 17.7 Å². The van der Waals surface area contributed by atoms with Gasteiger partial charge < -0.3 is 24.4 Å². The Morgan fingerprint density at radius 3 is 2.67 bits per heavy atom. The van der Waals surface area contributed by atoms with E-state index in [9.17, 15) is 19.5 Å². The first-order chi connectivity index (χ1) is 14.3. The van der Waals surface area contributed by atoms with Crippen molar-refractivity contribution in [1.29, 1.82) is 0 Å². The summed E-state index contributed by atoms with van der Waals surface area (Å²) in [7, 11) is 0. The number of carbonyl (C=O) groups excluding carboxylic acids is 2. The highest BCUT2D eigenvalue weighted by Crippen LogP contribution is 2.29. The van der Waals surface area contributed by atoms with Crippen molar-refractivity contribution < 1.29 is 23.8 Å². The number of carboxylic acid groups (broad SMARTS) is 1. The normalized spacial score (nSPS) is 12.0. The van der Waals surface area contributed by atoms with Gasteiger partial charge in [0.05, 0.1) is 0 Å². The second kappa shape index (κ2) is 11.4. The monoisotopic (exact) mass is 416 g/mol. The molecule has 1 aromatic heterocycles. The molecule has 7 heteroatoms. The van der Waals surface area contributed by atoms with Crippen LogP contribution >= 0.6 is 0 Å². The molecule has 30 heavy (non-hydrogen) atoms. The molecule has 2 rings (SSSR count). The molecule has 0 aliphatic heterocycles. The van der Waals surface area contributed by atoms with Crippen LogP contribution in [-0.4, -0.2) is 24.5 Å². The fourth-order valence-electron chi connectivity index (χ4n) is 3.28. The van der Waals surface area contributed by atoms with Crippen LogP contribution < -0.4 is 20.8 Å². The van der Waals surface area contributed by atoms with Gasteiger partial charge in [-0.1, -0.05) is 19.8 Å². The number of hydrogen-bond donors (Lipinski definition) is 1. The van der Waals surface area contributed by atoms with E-state index in [-0.39, 0.29) is 12.3 Å². The number of benzene rings is 1. The molecule has 164 valence electrons. The molecular formula is C23H30NO6-. The quantitative estimate of drug-likeness (QED) is 0.421. The van der Waals surface area contributed by atoms with Crippen molar-refractivity contribution >= 4 is 22.8 Å². The Balaban J connectivity index is 2.01. The Morgan fingerprint density at radius 1 is 1.20 bits per heavy atom. The van der Waals surface area contributed by atoms with Crippen LogP contribution in [0.1, 0.15) is 63.5 Å². The maximum absolute atomic E-state index is 12.3. The van der Waals surface area contributed by atoms with Crippen molar-refractivity contribution in [3.05, 3.63) is 39.7 Å². The zero-order valence-corrected chi connectivity index (χ0v) is 17.9. The predicted molar refractivity (Wildman–Crippen MR) is 112 cm³/mol. The smallest absolute Gasteiger partial charge is 0.336 e. The third kappa shape index (κ3) is 6.61. The molecule has 0 radical (unpaired) electrons. The molecule has 0 fully saturated rings. The van der Waals surface area contributed by atoms with E-state index in [0.29, 0.717) is 42.7 Å². The summed E-state index contributed by atoms with van der Waals surface area (Å²) >= 11 is 0. The summed E-state index contributed by atoms with van der Waals surface area (Å²) in [6, 6.07) is 5.21. The fraction of sp³-hybridized carbons (Fsp3) is 0.522. The number of nitrogens with one attached hydrogen (secondary N) is 1. The van der Waals surface area contributed by atoms with Gasteiger partial charge in [-0.25, -0.2) is 4.79 Å². The van der Waals surface area contributed by atoms with Crippen LogP contribution in [0, 0.1) is 6.92 Å². The first-order valence-electron chi connectivity index (χ1n) is 10.5. The van der Waals surface area contributed by atoms with Crippen LogP contribution in [0.4, 0.5) is 0 Å². The Hall–Kier alpha value is -2.83. The minimum atomic E-state index is -1.06. The Labute approximate surface area is 176 Å². The van der Waals surface area contributed by atoms with E-state index >= 15 is 0 Å². The summed E-state index contributed by atoms with van der Waals surface area (Å²) in [6.07, 6.45) is 4.06. The number of aryl methyl sites for hydroxylation is 2. The zero-order chi connectivity index (χ0) is 22.1. The first kappa shape index (κ1) is 23.4. The molecule has 0 saturated carbocycles. The van der Waals surface area contributed by atoms with Gasteiger partial charge in [0.2, 0.25) is 0 Å². The summed E-state index contributed by atoms with van der Waals surface area (Å²) < 4.78 is 11.3. The molecule has 1 N–H and O–H groups in total. The van der Waals surface area contributed by atoms with Crippen molar-refractivity contribution in [3.8, 4) is 5.75 Å². The largest absolute Gasteiger partial charge is 0.550 e. The molecule has 1 aromatic carbocycles. The molecule has 1 heterocycles. The lowest BCUT2D eigenvalue weighted by molar-refractivity contribution is -0.305. The van der Waals surface area contributed by atoms with Gasteiger partial charge in [-0.2, -0.15) is 0 Å². The van der Waals surface area contributed by atoms with Crippen molar-refractivity contribution in [1.82, 2.24) is 5.32 Å². The summed E-state index contributed by atoms with van der Waals surface area (Å²) in [6.45, 7) is 6.02. The lowest BCUT2D eigenvalue weighted by atomic mass is 10.0. The predicted octanol–water partition coefficient (Wildman–Crippen LogP) is 2.64. The van der Waals surface area contributed by atoms with E-state index in [4.69, 9.17) is 9.15 Å². The molecule has 7 nitrogen and oxygen atoms in total. The average Bonchev–Trinajstić information content (AvgIpc) is 2.70. The molecule has 1 atom stereocenters. The van der Waals surface area contributed by atoms with Crippen molar-refractivity contribution in [3.63, 3.8) is 0 Å². The number of carbonyl (C=O) groups is 2. The highest BCUT2D eigenvalue weighted by molar-refractivity contribution is 5.85. The van der Waals surface area contributed by atoms with E-state index in [1.807, 2.05) is 13.0 Å². The van der Waals surface area contributed by atoms with Crippen molar-refractivity contribution in [2.75, 3.05) is 6.54 Å². The maximum Gasteiger partial charge on any atom is 0.336 e. The van der Waals surface area contributed by atoms with Crippen LogP contribution in [0.2, 0.25) is 0 Å². The summed E-state index contributed by atoms with van der Waals surface area (Å²) in [5, 5.41) is 14.1. The summed E-state index contributed by atoms with van der Waals surface area (Å²) in [5.74, 6) is -0.817. The second-order valence-corrected chi connectivity index (χ2v) is 7.49. The SMILES string of the molecule is CCCCc1cc(=O)oc2c(C)c(O[C@H](C)C(=O)NCCCCCC(=O)[O-])ccc12. The lowest BCUT2D eigenvalue weighted by Crippen LogP contribution is -2.37. The maximum atomic E-state index is 12.3. The third-order valence-corrected chi connectivity index (χ3v) is 5.03. The van der Waals surface area contributed by atoms with Gasteiger partial charge in [-0.3, -0.25) is 4.79 Å². The van der Waals surface area contributed by atoms with E-state index in [1.54, 1.807) is 19.1 Å². The highest BCUT2D eigenvalue weighted by atomic mass is 16.5. The number of carboxylic acids is 1. The summed E-state index contributed by atoms with van der Waals surface area (Å²) in [4.78, 5) is 34.6. The Bertz CT molecular complexity index is 933. The number of ether oxygens (including phenoxy) is 1. The number of fused-ring (bicyclic) bond motifs is 1. The average molecular weight is 416 g/mol. The third-order valence-electron chi connectivity index (χ3n) is 5.03. The summed E-state index contributed by atoms with van der Waals surface area (Å²) in [5.41, 5.74) is 1.75. The number of unbranched alkanes of at least 4 members (excludes halogenated alkanes) is 3. The molecule has 0 unspecified atom stereocenters. The minimum Gasteiger partial charge on any atom is -0.550 e. The van der Waals surface area contributed by atoms with Crippen LogP contribution in [0.3, 0.4) is 0 Å². The van der Waals surface area contributed by atoms with Crippen LogP contribution in [-0.2, 0) is 16.0 Å². The molecular weight excluding hydrogens is 386 g/mol. The van der Waals surface area contributed by atoms with Gasteiger partial charge in [-0.15, -0.1) is 0 Å². The zero-order valence-electron chi connectivity index (χ0n) is 17.9. The van der Waals surface area contributed by atoms with Gasteiger partial charge in [0.25, 0.3) is 5.91 Å². The van der Waals surface area contributed by atoms with E-state index in [2.05, 4.69) is 12.2 Å². The molecule has 0 saturated heterocycles. The van der Waals surface area contributed by atoms with Gasteiger partial charge in [0.15, 0.2) is 6.10 Å². The number of aliphatic carboxylic acids is 1. The van der Waals surface area contributed by atoms with Crippen molar-refractivity contribution in [2.24, 2.45) is 0 Å². The first-order valence-corrected chi connectivity index (χ1v) is 10.5. The number of hydrogen-bond acceptors (Lipinski definition) is 6. The Kier molecular flexibility index (Phi) is 8.89. The van der Waals surface area contributed by atoms with Gasteiger partial charge in [0.1, 0.15) is 11.3 Å². The molecule has 0 spiro atoms. The Morgan fingerprint density at radius 2 is 1.97 bits per heavy atom. The minimum absolute atomic E-state index is 0.0327. The van der Waals surface area contributed by atoms with Crippen LogP contribution in [0.15, 0.2) is 27.4 Å². The second-order valence-electron chi connectivity index (χ2n) is 7.49. The van der Waals surface area contributed by atoms with Crippen LogP contribution in [0.25, 0.3) is 11.0 Å². The molecule has 2 aromatic rings. The van der Waals surface area contributed by atoms with E-state index in [1.165, 1.54) is 0 Å². The fourth-order valence-corrected chi connectivity index (χ4v) is 3.28. The van der Waals surface area contributed by atoms with Gasteiger partial charge in [0, 0.05) is 29.5 Å². The van der Waals surface area contributed by atoms with E-state index in [0.717, 1.165) is 30.2 Å². The molecule has 0 bridgehead atoms. The molecule has 0 aliphatic carbocycles. The highest BCUT2D eigenvalue weighted by Gasteiger charge is 2.18. The van der Waals surface area contributed by atoms with Gasteiger partial charge in [-0.05, 0) is 63.6 Å². The number of amides is 1.